The second kappa shape index (κ2) is 7.94. The van der Waals surface area contributed by atoms with E-state index in [1.54, 1.807) is 22.8 Å². The zero-order valence-corrected chi connectivity index (χ0v) is 17.3. The molecule has 2 aliphatic heterocycles. The number of piperidine rings is 1. The molecule has 2 aromatic heterocycles. The molecule has 1 fully saturated rings. The molecular formula is C24H23F3N2O3. The van der Waals surface area contributed by atoms with Crippen LogP contribution in [0.1, 0.15) is 35.1 Å². The molecule has 1 saturated heterocycles. The SMILES string of the molecule is O=c1c(-c2cccc(C(F)(F)F)c2)ccc2n1C[C@@H]1C[C@@H]2CN(Cc2ccc(CO)o2)C1. The number of hydrogen-bond donors (Lipinski definition) is 1. The third-order valence-electron chi connectivity index (χ3n) is 6.43. The first-order valence-corrected chi connectivity index (χ1v) is 10.6. The Bertz CT molecular complexity index is 1200. The zero-order chi connectivity index (χ0) is 22.5. The smallest absolute Gasteiger partial charge is 0.416 e. The van der Waals surface area contributed by atoms with Gasteiger partial charge in [-0.25, -0.2) is 0 Å². The summed E-state index contributed by atoms with van der Waals surface area (Å²) < 4.78 is 46.7. The van der Waals surface area contributed by atoms with Crippen molar-refractivity contribution in [3.05, 3.63) is 81.7 Å². The predicted octanol–water partition coefficient (Wildman–Crippen LogP) is 4.24. The van der Waals surface area contributed by atoms with Crippen molar-refractivity contribution in [1.29, 1.82) is 0 Å². The lowest BCUT2D eigenvalue weighted by Gasteiger charge is -2.42. The number of rotatable bonds is 4. The van der Waals surface area contributed by atoms with Crippen molar-refractivity contribution in [3.8, 4) is 11.1 Å². The van der Waals surface area contributed by atoms with Gasteiger partial charge in [-0.3, -0.25) is 9.69 Å². The Labute approximate surface area is 182 Å². The highest BCUT2D eigenvalue weighted by Gasteiger charge is 2.35. The van der Waals surface area contributed by atoms with Crippen LogP contribution in [0.4, 0.5) is 13.2 Å². The topological polar surface area (TPSA) is 58.6 Å². The summed E-state index contributed by atoms with van der Waals surface area (Å²) in [5, 5.41) is 9.19. The van der Waals surface area contributed by atoms with Crippen LogP contribution in [0, 0.1) is 5.92 Å². The van der Waals surface area contributed by atoms with E-state index in [0.29, 0.717) is 24.4 Å². The fraction of sp³-hybridized carbons (Fsp3) is 0.375. The van der Waals surface area contributed by atoms with E-state index in [1.807, 2.05) is 12.1 Å². The highest BCUT2D eigenvalue weighted by atomic mass is 19.4. The van der Waals surface area contributed by atoms with Crippen LogP contribution in [0.15, 0.2) is 57.7 Å². The van der Waals surface area contributed by atoms with Gasteiger partial charge in [0, 0.05) is 36.8 Å². The van der Waals surface area contributed by atoms with Gasteiger partial charge in [0.05, 0.1) is 12.1 Å². The molecule has 5 nitrogen and oxygen atoms in total. The number of aliphatic hydroxyl groups excluding tert-OH is 1. The van der Waals surface area contributed by atoms with E-state index in [-0.39, 0.29) is 29.6 Å². The molecule has 8 heteroatoms. The summed E-state index contributed by atoms with van der Waals surface area (Å²) in [4.78, 5) is 15.5. The second-order valence-corrected chi connectivity index (χ2v) is 8.69. The number of hydrogen-bond acceptors (Lipinski definition) is 4. The van der Waals surface area contributed by atoms with Crippen molar-refractivity contribution in [2.75, 3.05) is 13.1 Å². The first-order valence-electron chi connectivity index (χ1n) is 10.6. The Morgan fingerprint density at radius 1 is 1.03 bits per heavy atom. The van der Waals surface area contributed by atoms with E-state index in [2.05, 4.69) is 4.90 Å². The number of alkyl halides is 3. The maximum absolute atomic E-state index is 13.2. The van der Waals surface area contributed by atoms with Crippen LogP contribution in [0.3, 0.4) is 0 Å². The van der Waals surface area contributed by atoms with Gasteiger partial charge in [0.2, 0.25) is 0 Å². The van der Waals surface area contributed by atoms with E-state index < -0.39 is 11.7 Å². The number of aliphatic hydroxyl groups is 1. The molecule has 0 aliphatic carbocycles. The fourth-order valence-corrected chi connectivity index (χ4v) is 5.07. The zero-order valence-electron chi connectivity index (χ0n) is 17.3. The molecule has 0 amide bonds. The third-order valence-corrected chi connectivity index (χ3v) is 6.43. The van der Waals surface area contributed by atoms with Crippen LogP contribution in [-0.2, 0) is 25.9 Å². The molecule has 0 saturated carbocycles. The Hall–Kier alpha value is -2.84. The molecular weight excluding hydrogens is 421 g/mol. The lowest BCUT2D eigenvalue weighted by molar-refractivity contribution is -0.137. The van der Waals surface area contributed by atoms with E-state index in [9.17, 15) is 23.1 Å². The number of fused-ring (bicyclic) bond motifs is 4. The molecule has 0 radical (unpaired) electrons. The molecule has 5 rings (SSSR count). The van der Waals surface area contributed by atoms with Gasteiger partial charge in [-0.15, -0.1) is 0 Å². The molecule has 32 heavy (non-hydrogen) atoms. The van der Waals surface area contributed by atoms with E-state index >= 15 is 0 Å². The maximum atomic E-state index is 13.2. The molecule has 1 N–H and O–H groups in total. The lowest BCUT2D eigenvalue weighted by atomic mass is 9.82. The average Bonchev–Trinajstić information content (AvgIpc) is 3.21. The summed E-state index contributed by atoms with van der Waals surface area (Å²) in [6.45, 7) is 2.64. The molecule has 2 atom stereocenters. The predicted molar refractivity (Wildman–Crippen MR) is 112 cm³/mol. The number of likely N-dealkylation sites (tertiary alicyclic amines) is 1. The van der Waals surface area contributed by atoms with E-state index in [1.165, 1.54) is 6.07 Å². The van der Waals surface area contributed by atoms with Crippen LogP contribution in [0.2, 0.25) is 0 Å². The van der Waals surface area contributed by atoms with Crippen LogP contribution < -0.4 is 5.56 Å². The van der Waals surface area contributed by atoms with Gasteiger partial charge < -0.3 is 14.1 Å². The van der Waals surface area contributed by atoms with Gasteiger partial charge in [-0.05, 0) is 54.3 Å². The van der Waals surface area contributed by atoms with Crippen LogP contribution in [-0.4, -0.2) is 27.7 Å². The molecule has 4 heterocycles. The summed E-state index contributed by atoms with van der Waals surface area (Å²) in [6, 6.07) is 12.1. The molecule has 0 spiro atoms. The van der Waals surface area contributed by atoms with Gasteiger partial charge in [-0.1, -0.05) is 12.1 Å². The number of pyridine rings is 1. The van der Waals surface area contributed by atoms with Crippen LogP contribution in [0.25, 0.3) is 11.1 Å². The molecule has 0 unspecified atom stereocenters. The molecule has 168 valence electrons. The largest absolute Gasteiger partial charge is 0.462 e. The third kappa shape index (κ3) is 3.89. The maximum Gasteiger partial charge on any atom is 0.416 e. The summed E-state index contributed by atoms with van der Waals surface area (Å²) in [7, 11) is 0. The standard InChI is InChI=1S/C24H23F3N2O3/c25-24(26,27)18-3-1-2-16(9-18)21-6-7-22-17-8-15(11-29(22)23(21)31)10-28(12-17)13-19-4-5-20(14-30)32-19/h1-7,9,15,17,30H,8,10-14H2/t15-,17-/m1/s1. The van der Waals surface area contributed by atoms with Crippen molar-refractivity contribution in [2.45, 2.75) is 38.2 Å². The van der Waals surface area contributed by atoms with E-state index in [0.717, 1.165) is 43.1 Å². The average molecular weight is 444 g/mol. The van der Waals surface area contributed by atoms with Crippen LogP contribution >= 0.6 is 0 Å². The molecule has 3 aromatic rings. The number of benzene rings is 1. The number of nitrogens with zero attached hydrogens (tertiary/aromatic N) is 2. The molecule has 2 bridgehead atoms. The Morgan fingerprint density at radius 2 is 1.84 bits per heavy atom. The van der Waals surface area contributed by atoms with Crippen molar-refractivity contribution in [3.63, 3.8) is 0 Å². The van der Waals surface area contributed by atoms with Crippen molar-refractivity contribution < 1.29 is 22.7 Å². The van der Waals surface area contributed by atoms with Crippen molar-refractivity contribution in [1.82, 2.24) is 9.47 Å². The minimum absolute atomic E-state index is 0.129. The Balaban J connectivity index is 1.42. The minimum atomic E-state index is -4.45. The van der Waals surface area contributed by atoms with Gasteiger partial charge in [-0.2, -0.15) is 13.2 Å². The lowest BCUT2D eigenvalue weighted by Crippen LogP contribution is -2.46. The normalized spacial score (nSPS) is 20.9. The van der Waals surface area contributed by atoms with Crippen LogP contribution in [0.5, 0.6) is 0 Å². The highest BCUT2D eigenvalue weighted by Crippen LogP contribution is 2.37. The molecule has 2 aliphatic rings. The van der Waals surface area contributed by atoms with Gasteiger partial charge in [0.15, 0.2) is 0 Å². The highest BCUT2D eigenvalue weighted by molar-refractivity contribution is 5.63. The first-order chi connectivity index (χ1) is 15.3. The van der Waals surface area contributed by atoms with Crippen molar-refractivity contribution >= 4 is 0 Å². The van der Waals surface area contributed by atoms with Gasteiger partial charge in [0.1, 0.15) is 18.1 Å². The fourth-order valence-electron chi connectivity index (χ4n) is 5.07. The number of aromatic nitrogens is 1. The molecule has 1 aromatic carbocycles. The monoisotopic (exact) mass is 444 g/mol. The Morgan fingerprint density at radius 3 is 2.59 bits per heavy atom. The van der Waals surface area contributed by atoms with Crippen molar-refractivity contribution in [2.24, 2.45) is 5.92 Å². The van der Waals surface area contributed by atoms with Gasteiger partial charge >= 0.3 is 6.18 Å². The summed E-state index contributed by atoms with van der Waals surface area (Å²) >= 11 is 0. The Kier molecular flexibility index (Phi) is 5.22. The van der Waals surface area contributed by atoms with Gasteiger partial charge in [0.25, 0.3) is 5.56 Å². The second-order valence-electron chi connectivity index (χ2n) is 8.69. The minimum Gasteiger partial charge on any atom is -0.462 e. The number of furan rings is 1. The summed E-state index contributed by atoms with van der Waals surface area (Å²) in [5.41, 5.74) is 0.525. The number of halogens is 3. The van der Waals surface area contributed by atoms with E-state index in [4.69, 9.17) is 4.42 Å². The summed E-state index contributed by atoms with van der Waals surface area (Å²) in [6.07, 6.45) is -3.47. The first kappa shape index (κ1) is 21.0. The summed E-state index contributed by atoms with van der Waals surface area (Å²) in [5.74, 6) is 1.79. The quantitative estimate of drug-likeness (QED) is 0.654.